The number of anilines is 1. The first-order valence-electron chi connectivity index (χ1n) is 6.37. The fraction of sp³-hybridized carbons (Fsp3) is 0.571. The molecule has 0 unspecified atom stereocenters. The van der Waals surface area contributed by atoms with E-state index in [1.807, 2.05) is 5.38 Å². The third-order valence-electron chi connectivity index (χ3n) is 4.98. The number of nitrogens with one attached hydrogen (secondary N) is 1. The number of hydrogen-bond acceptors (Lipinski definition) is 3. The van der Waals surface area contributed by atoms with E-state index in [0.717, 1.165) is 24.8 Å². The molecule has 0 spiro atoms. The quantitative estimate of drug-likeness (QED) is 0.829. The van der Waals surface area contributed by atoms with E-state index >= 15 is 0 Å². The molecule has 1 aromatic heterocycles. The number of rotatable bonds is 2. The third kappa shape index (κ3) is 1.41. The molecule has 0 saturated heterocycles. The van der Waals surface area contributed by atoms with Gasteiger partial charge in [-0.05, 0) is 30.6 Å². The molecule has 2 atom stereocenters. The standard InChI is InChI=1S/C14H18N2OS/c1-9-13(2,3)10-4-5-14(9,8-10)11(17)16-12-15-6-7-18-12/h6-7,10H,1,4-5,8H2,2-3H3,(H,15,16,17)/t10-,14+/m0/s1. The number of amides is 1. The molecule has 0 aromatic carbocycles. The van der Waals surface area contributed by atoms with Crippen LogP contribution in [0.15, 0.2) is 23.7 Å². The minimum atomic E-state index is -0.347. The summed E-state index contributed by atoms with van der Waals surface area (Å²) in [6, 6.07) is 0. The first-order chi connectivity index (χ1) is 8.47. The zero-order valence-corrected chi connectivity index (χ0v) is 11.6. The molecule has 1 aromatic rings. The van der Waals surface area contributed by atoms with Gasteiger partial charge in [0, 0.05) is 11.6 Å². The van der Waals surface area contributed by atoms with Gasteiger partial charge >= 0.3 is 0 Å². The van der Waals surface area contributed by atoms with E-state index in [4.69, 9.17) is 0 Å². The van der Waals surface area contributed by atoms with E-state index in [0.29, 0.717) is 11.0 Å². The summed E-state index contributed by atoms with van der Waals surface area (Å²) in [4.78, 5) is 16.7. The van der Waals surface area contributed by atoms with Crippen molar-refractivity contribution >= 4 is 22.4 Å². The summed E-state index contributed by atoms with van der Waals surface area (Å²) in [7, 11) is 0. The number of fused-ring (bicyclic) bond motifs is 2. The van der Waals surface area contributed by atoms with E-state index in [-0.39, 0.29) is 16.7 Å². The van der Waals surface area contributed by atoms with Gasteiger partial charge in [-0.3, -0.25) is 4.79 Å². The Labute approximate surface area is 111 Å². The van der Waals surface area contributed by atoms with Gasteiger partial charge in [0.2, 0.25) is 5.91 Å². The molecule has 2 aliphatic carbocycles. The van der Waals surface area contributed by atoms with E-state index < -0.39 is 0 Å². The van der Waals surface area contributed by atoms with Crippen LogP contribution in [0.2, 0.25) is 0 Å². The Morgan fingerprint density at radius 2 is 2.39 bits per heavy atom. The van der Waals surface area contributed by atoms with Crippen molar-refractivity contribution in [2.24, 2.45) is 16.7 Å². The lowest BCUT2D eigenvalue weighted by molar-refractivity contribution is -0.123. The first-order valence-corrected chi connectivity index (χ1v) is 7.25. The maximum atomic E-state index is 12.6. The van der Waals surface area contributed by atoms with Crippen LogP contribution in [0.3, 0.4) is 0 Å². The summed E-state index contributed by atoms with van der Waals surface area (Å²) in [5.74, 6) is 0.697. The Hall–Kier alpha value is -1.16. The highest BCUT2D eigenvalue weighted by Crippen LogP contribution is 2.65. The second kappa shape index (κ2) is 3.67. The number of carbonyl (C=O) groups is 1. The maximum absolute atomic E-state index is 12.6. The van der Waals surface area contributed by atoms with Crippen LogP contribution in [0.25, 0.3) is 0 Å². The first kappa shape index (κ1) is 11.9. The molecule has 2 saturated carbocycles. The Kier molecular flexibility index (Phi) is 2.43. The number of thiazole rings is 1. The summed E-state index contributed by atoms with van der Waals surface area (Å²) in [6.07, 6.45) is 4.74. The summed E-state index contributed by atoms with van der Waals surface area (Å²) >= 11 is 1.46. The van der Waals surface area contributed by atoms with Crippen molar-refractivity contribution in [2.45, 2.75) is 33.1 Å². The number of hydrogen-bond donors (Lipinski definition) is 1. The van der Waals surface area contributed by atoms with Gasteiger partial charge in [0.1, 0.15) is 0 Å². The second-order valence-electron chi connectivity index (χ2n) is 6.01. The highest BCUT2D eigenvalue weighted by Gasteiger charge is 2.60. The van der Waals surface area contributed by atoms with Gasteiger partial charge in [0.15, 0.2) is 5.13 Å². The van der Waals surface area contributed by atoms with Gasteiger partial charge in [-0.15, -0.1) is 11.3 Å². The van der Waals surface area contributed by atoms with Crippen molar-refractivity contribution in [2.75, 3.05) is 5.32 Å². The molecule has 3 nitrogen and oxygen atoms in total. The average molecular weight is 262 g/mol. The van der Waals surface area contributed by atoms with E-state index in [1.165, 1.54) is 11.3 Å². The Bertz CT molecular complexity index is 506. The third-order valence-corrected chi connectivity index (χ3v) is 5.67. The molecule has 2 aliphatic rings. The Morgan fingerprint density at radius 1 is 1.61 bits per heavy atom. The lowest BCUT2D eigenvalue weighted by Gasteiger charge is -2.36. The van der Waals surface area contributed by atoms with Crippen molar-refractivity contribution in [3.05, 3.63) is 23.7 Å². The summed E-state index contributed by atoms with van der Waals surface area (Å²) in [5.41, 5.74) is 0.860. The predicted octanol–water partition coefficient (Wildman–Crippen LogP) is 3.46. The number of aromatic nitrogens is 1. The molecule has 2 fully saturated rings. The molecule has 4 heteroatoms. The largest absolute Gasteiger partial charge is 0.301 e. The summed E-state index contributed by atoms with van der Waals surface area (Å²) in [6.45, 7) is 8.67. The van der Waals surface area contributed by atoms with Gasteiger partial charge in [-0.1, -0.05) is 26.0 Å². The summed E-state index contributed by atoms with van der Waals surface area (Å²) < 4.78 is 0. The van der Waals surface area contributed by atoms with Gasteiger partial charge in [-0.2, -0.15) is 0 Å². The Morgan fingerprint density at radius 3 is 2.94 bits per heavy atom. The monoisotopic (exact) mass is 262 g/mol. The van der Waals surface area contributed by atoms with Crippen LogP contribution in [0, 0.1) is 16.7 Å². The molecule has 18 heavy (non-hydrogen) atoms. The molecule has 0 aliphatic heterocycles. The minimum absolute atomic E-state index is 0.0931. The van der Waals surface area contributed by atoms with Crippen LogP contribution in [0.1, 0.15) is 33.1 Å². The SMILES string of the molecule is C=C1C(C)(C)[C@H]2CC[C@@]1(C(=O)Nc1nccs1)C2. The fourth-order valence-electron chi connectivity index (χ4n) is 3.64. The van der Waals surface area contributed by atoms with E-state index in [9.17, 15) is 4.79 Å². The lowest BCUT2D eigenvalue weighted by atomic mass is 9.68. The highest BCUT2D eigenvalue weighted by atomic mass is 32.1. The normalized spacial score (nSPS) is 32.8. The van der Waals surface area contributed by atoms with Crippen molar-refractivity contribution in [1.29, 1.82) is 0 Å². The molecule has 1 heterocycles. The predicted molar refractivity (Wildman–Crippen MR) is 73.4 cm³/mol. The van der Waals surface area contributed by atoms with Crippen molar-refractivity contribution < 1.29 is 4.79 Å². The van der Waals surface area contributed by atoms with Crippen molar-refractivity contribution in [3.63, 3.8) is 0 Å². The topological polar surface area (TPSA) is 42.0 Å². The summed E-state index contributed by atoms with van der Waals surface area (Å²) in [5, 5.41) is 5.52. The van der Waals surface area contributed by atoms with E-state index in [1.54, 1.807) is 6.20 Å². The van der Waals surface area contributed by atoms with Crippen molar-refractivity contribution in [3.8, 4) is 0 Å². The van der Waals surface area contributed by atoms with Gasteiger partial charge in [-0.25, -0.2) is 4.98 Å². The molecule has 0 radical (unpaired) electrons. The van der Waals surface area contributed by atoms with Crippen LogP contribution in [0.4, 0.5) is 5.13 Å². The van der Waals surface area contributed by atoms with Gasteiger partial charge < -0.3 is 5.32 Å². The average Bonchev–Trinajstić information content (AvgIpc) is 2.98. The van der Waals surface area contributed by atoms with Crippen LogP contribution in [-0.2, 0) is 4.79 Å². The molecular formula is C14H18N2OS. The number of nitrogens with zero attached hydrogens (tertiary/aromatic N) is 1. The van der Waals surface area contributed by atoms with Crippen LogP contribution < -0.4 is 5.32 Å². The molecule has 2 bridgehead atoms. The molecule has 1 amide bonds. The molecular weight excluding hydrogens is 244 g/mol. The van der Waals surface area contributed by atoms with Crippen LogP contribution >= 0.6 is 11.3 Å². The van der Waals surface area contributed by atoms with Gasteiger partial charge in [0.25, 0.3) is 0 Å². The fourth-order valence-corrected chi connectivity index (χ4v) is 4.17. The minimum Gasteiger partial charge on any atom is -0.301 e. The second-order valence-corrected chi connectivity index (χ2v) is 6.91. The maximum Gasteiger partial charge on any atom is 0.236 e. The molecule has 3 rings (SSSR count). The van der Waals surface area contributed by atoms with Crippen LogP contribution in [-0.4, -0.2) is 10.9 Å². The smallest absolute Gasteiger partial charge is 0.236 e. The van der Waals surface area contributed by atoms with E-state index in [2.05, 4.69) is 30.7 Å². The number of carbonyl (C=O) groups excluding carboxylic acids is 1. The van der Waals surface area contributed by atoms with Gasteiger partial charge in [0.05, 0.1) is 5.41 Å². The van der Waals surface area contributed by atoms with Crippen molar-refractivity contribution in [1.82, 2.24) is 4.98 Å². The molecule has 1 N–H and O–H groups in total. The lowest BCUT2D eigenvalue weighted by Crippen LogP contribution is -2.37. The Balaban J connectivity index is 1.88. The highest BCUT2D eigenvalue weighted by molar-refractivity contribution is 7.13. The zero-order valence-electron chi connectivity index (χ0n) is 10.8. The van der Waals surface area contributed by atoms with Crippen LogP contribution in [0.5, 0.6) is 0 Å². The molecule has 96 valence electrons. The zero-order chi connectivity index (χ0) is 13.0.